The Kier molecular flexibility index (Phi) is 5.05. The van der Waals surface area contributed by atoms with Crippen molar-refractivity contribution in [3.63, 3.8) is 0 Å². The highest BCUT2D eigenvalue weighted by molar-refractivity contribution is 5.94. The van der Waals surface area contributed by atoms with E-state index in [9.17, 15) is 4.79 Å². The summed E-state index contributed by atoms with van der Waals surface area (Å²) in [4.78, 5) is 19.3. The lowest BCUT2D eigenvalue weighted by Crippen LogP contribution is -2.50. The quantitative estimate of drug-likeness (QED) is 0.644. The highest BCUT2D eigenvalue weighted by atomic mass is 16.5. The first kappa shape index (κ1) is 19.5. The zero-order valence-electron chi connectivity index (χ0n) is 17.7. The molecule has 0 bridgehead atoms. The topological polar surface area (TPSA) is 82.4 Å². The van der Waals surface area contributed by atoms with Crippen molar-refractivity contribution in [2.75, 3.05) is 14.2 Å². The number of carbonyl (C=O) groups is 1. The summed E-state index contributed by atoms with van der Waals surface area (Å²) in [6, 6.07) is 9.62. The third kappa shape index (κ3) is 3.32. The molecule has 5 rings (SSSR count). The van der Waals surface area contributed by atoms with Gasteiger partial charge in [-0.2, -0.15) is 0 Å². The summed E-state index contributed by atoms with van der Waals surface area (Å²) in [5.74, 6) is 2.98. The van der Waals surface area contributed by atoms with Crippen molar-refractivity contribution < 1.29 is 14.3 Å². The van der Waals surface area contributed by atoms with E-state index in [1.54, 1.807) is 38.7 Å². The van der Waals surface area contributed by atoms with Gasteiger partial charge in [0, 0.05) is 23.5 Å². The van der Waals surface area contributed by atoms with Gasteiger partial charge in [0.2, 0.25) is 0 Å². The normalized spacial score (nSPS) is 20.0. The van der Waals surface area contributed by atoms with Crippen molar-refractivity contribution in [3.05, 3.63) is 54.1 Å². The molecule has 0 spiro atoms. The van der Waals surface area contributed by atoms with Crippen LogP contribution in [0.2, 0.25) is 0 Å². The molecule has 0 radical (unpaired) electrons. The second-order valence-electron chi connectivity index (χ2n) is 7.97. The summed E-state index contributed by atoms with van der Waals surface area (Å²) < 4.78 is 13.1. The number of amides is 1. The van der Waals surface area contributed by atoms with Crippen LogP contribution in [0.5, 0.6) is 11.5 Å². The standard InChI is InChI=1S/C23H25N5O3/c1-30-19-8-7-16(13-20(19)31-2)22-26-25-21-14-27(23(29)15-9-11-24-12-10-15)17-5-3-4-6-18(17)28(21)22/h7-13,17-18H,3-6,14H2,1-2H3. The molecule has 1 amide bonds. The molecule has 1 aliphatic heterocycles. The lowest BCUT2D eigenvalue weighted by Gasteiger charge is -2.44. The van der Waals surface area contributed by atoms with Crippen LogP contribution in [-0.4, -0.2) is 50.8 Å². The fourth-order valence-corrected chi connectivity index (χ4v) is 4.86. The molecule has 3 aromatic rings. The number of carbonyl (C=O) groups excluding carboxylic acids is 1. The van der Waals surface area contributed by atoms with Gasteiger partial charge >= 0.3 is 0 Å². The monoisotopic (exact) mass is 419 g/mol. The van der Waals surface area contributed by atoms with Crippen LogP contribution in [0.1, 0.15) is 47.9 Å². The summed E-state index contributed by atoms with van der Waals surface area (Å²) in [7, 11) is 3.25. The number of methoxy groups -OCH3 is 2. The fourth-order valence-electron chi connectivity index (χ4n) is 4.86. The van der Waals surface area contributed by atoms with Gasteiger partial charge in [-0.3, -0.25) is 9.78 Å². The van der Waals surface area contributed by atoms with Crippen molar-refractivity contribution in [2.24, 2.45) is 0 Å². The molecule has 0 N–H and O–H groups in total. The molecule has 1 saturated carbocycles. The minimum absolute atomic E-state index is 0.0289. The summed E-state index contributed by atoms with van der Waals surface area (Å²) >= 11 is 0. The number of nitrogens with zero attached hydrogens (tertiary/aromatic N) is 5. The van der Waals surface area contributed by atoms with Crippen LogP contribution in [0, 0.1) is 0 Å². The summed E-state index contributed by atoms with van der Waals surface area (Å²) in [5.41, 5.74) is 1.59. The third-order valence-corrected chi connectivity index (χ3v) is 6.33. The van der Waals surface area contributed by atoms with E-state index in [-0.39, 0.29) is 18.0 Å². The Bertz CT molecular complexity index is 1100. The van der Waals surface area contributed by atoms with Gasteiger partial charge < -0.3 is 18.9 Å². The molecular weight excluding hydrogens is 394 g/mol. The fraction of sp³-hybridized carbons (Fsp3) is 0.391. The van der Waals surface area contributed by atoms with Crippen LogP contribution >= 0.6 is 0 Å². The van der Waals surface area contributed by atoms with Crippen LogP contribution in [0.25, 0.3) is 11.4 Å². The van der Waals surface area contributed by atoms with Gasteiger partial charge in [0.1, 0.15) is 0 Å². The lowest BCUT2D eigenvalue weighted by molar-refractivity contribution is 0.0420. The SMILES string of the molecule is COc1ccc(-c2nnc3n2C2CCCCC2N(C(=O)c2ccncc2)C3)cc1OC. The van der Waals surface area contributed by atoms with Crippen molar-refractivity contribution >= 4 is 5.91 Å². The first-order chi connectivity index (χ1) is 15.2. The Morgan fingerprint density at radius 1 is 0.968 bits per heavy atom. The summed E-state index contributed by atoms with van der Waals surface area (Å²) in [6.07, 6.45) is 7.53. The van der Waals surface area contributed by atoms with Crippen LogP contribution in [0.3, 0.4) is 0 Å². The number of fused-ring (bicyclic) bond motifs is 3. The van der Waals surface area contributed by atoms with E-state index in [0.29, 0.717) is 23.6 Å². The Morgan fingerprint density at radius 3 is 2.45 bits per heavy atom. The number of pyridine rings is 1. The highest BCUT2D eigenvalue weighted by Gasteiger charge is 2.41. The average molecular weight is 419 g/mol. The number of rotatable bonds is 4. The van der Waals surface area contributed by atoms with E-state index in [1.165, 1.54) is 0 Å². The van der Waals surface area contributed by atoms with E-state index < -0.39 is 0 Å². The van der Waals surface area contributed by atoms with Crippen LogP contribution in [0.4, 0.5) is 0 Å². The zero-order chi connectivity index (χ0) is 21.4. The minimum Gasteiger partial charge on any atom is -0.493 e. The molecule has 3 heterocycles. The number of hydrogen-bond donors (Lipinski definition) is 0. The molecule has 2 aromatic heterocycles. The molecule has 8 nitrogen and oxygen atoms in total. The second-order valence-corrected chi connectivity index (χ2v) is 7.97. The zero-order valence-corrected chi connectivity index (χ0v) is 17.7. The van der Waals surface area contributed by atoms with Crippen molar-refractivity contribution in [1.29, 1.82) is 0 Å². The number of ether oxygens (including phenoxy) is 2. The van der Waals surface area contributed by atoms with E-state index in [2.05, 4.69) is 19.7 Å². The maximum Gasteiger partial charge on any atom is 0.254 e. The molecule has 8 heteroatoms. The Labute approximate surface area is 180 Å². The molecule has 2 aliphatic rings. The predicted octanol–water partition coefficient (Wildman–Crippen LogP) is 3.50. The van der Waals surface area contributed by atoms with E-state index in [1.807, 2.05) is 23.1 Å². The van der Waals surface area contributed by atoms with Gasteiger partial charge in [0.05, 0.1) is 32.8 Å². The predicted molar refractivity (Wildman–Crippen MR) is 114 cm³/mol. The smallest absolute Gasteiger partial charge is 0.254 e. The largest absolute Gasteiger partial charge is 0.493 e. The van der Waals surface area contributed by atoms with E-state index in [4.69, 9.17) is 9.47 Å². The van der Waals surface area contributed by atoms with E-state index >= 15 is 0 Å². The Morgan fingerprint density at radius 2 is 1.71 bits per heavy atom. The number of aromatic nitrogens is 4. The molecule has 1 fully saturated rings. The Balaban J connectivity index is 1.55. The van der Waals surface area contributed by atoms with Crippen molar-refractivity contribution in [2.45, 2.75) is 44.3 Å². The van der Waals surface area contributed by atoms with Gasteiger partial charge in [-0.1, -0.05) is 12.8 Å². The summed E-state index contributed by atoms with van der Waals surface area (Å²) in [5, 5.41) is 9.01. The number of benzene rings is 1. The van der Waals surface area contributed by atoms with Crippen LogP contribution < -0.4 is 9.47 Å². The molecule has 1 aliphatic carbocycles. The van der Waals surface area contributed by atoms with Crippen molar-refractivity contribution in [3.8, 4) is 22.9 Å². The molecule has 31 heavy (non-hydrogen) atoms. The first-order valence-electron chi connectivity index (χ1n) is 10.6. The summed E-state index contributed by atoms with van der Waals surface area (Å²) in [6.45, 7) is 0.447. The van der Waals surface area contributed by atoms with Crippen LogP contribution in [-0.2, 0) is 6.54 Å². The molecule has 1 aromatic carbocycles. The Hall–Kier alpha value is -3.42. The van der Waals surface area contributed by atoms with Gasteiger partial charge in [-0.25, -0.2) is 0 Å². The maximum atomic E-state index is 13.3. The van der Waals surface area contributed by atoms with Gasteiger partial charge in [0.15, 0.2) is 23.1 Å². The average Bonchev–Trinajstić information content (AvgIpc) is 3.27. The molecule has 2 unspecified atom stereocenters. The molecule has 160 valence electrons. The van der Waals surface area contributed by atoms with E-state index in [0.717, 1.165) is 42.9 Å². The highest BCUT2D eigenvalue weighted by Crippen LogP contribution is 2.41. The van der Waals surface area contributed by atoms with Crippen molar-refractivity contribution in [1.82, 2.24) is 24.6 Å². The molecule has 0 saturated heterocycles. The van der Waals surface area contributed by atoms with Gasteiger partial charge in [-0.15, -0.1) is 10.2 Å². The minimum atomic E-state index is 0.0289. The molecular formula is C23H25N5O3. The number of hydrogen-bond acceptors (Lipinski definition) is 6. The third-order valence-electron chi connectivity index (χ3n) is 6.33. The van der Waals surface area contributed by atoms with Gasteiger partial charge in [0.25, 0.3) is 5.91 Å². The van der Waals surface area contributed by atoms with Crippen LogP contribution in [0.15, 0.2) is 42.7 Å². The lowest BCUT2D eigenvalue weighted by atomic mass is 9.86. The maximum absolute atomic E-state index is 13.3. The van der Waals surface area contributed by atoms with Gasteiger partial charge in [-0.05, 0) is 43.2 Å². The molecule has 2 atom stereocenters. The second kappa shape index (κ2) is 8.02. The first-order valence-corrected chi connectivity index (χ1v) is 10.6.